The quantitative estimate of drug-likeness (QED) is 0.595. The number of carbonyl (C=O) groups excluding carboxylic acids is 1. The average Bonchev–Trinajstić information content (AvgIpc) is 3.37. The van der Waals surface area contributed by atoms with Crippen LogP contribution in [0.15, 0.2) is 42.5 Å². The predicted molar refractivity (Wildman–Crippen MR) is 119 cm³/mol. The van der Waals surface area contributed by atoms with Crippen molar-refractivity contribution in [2.75, 3.05) is 53.0 Å². The van der Waals surface area contributed by atoms with Gasteiger partial charge in [-0.2, -0.15) is 10.5 Å². The molecule has 2 aliphatic heterocycles. The van der Waals surface area contributed by atoms with Gasteiger partial charge in [-0.1, -0.05) is 0 Å². The summed E-state index contributed by atoms with van der Waals surface area (Å²) in [6.45, 7) is 5.64. The van der Waals surface area contributed by atoms with E-state index in [1.807, 2.05) is 30.3 Å². The van der Waals surface area contributed by atoms with Crippen LogP contribution in [-0.2, 0) is 0 Å². The van der Waals surface area contributed by atoms with Crippen molar-refractivity contribution in [2.24, 2.45) is 11.8 Å². The molecular formula is C25H26N4O3. The number of methoxy groups -OCH3 is 1. The molecule has 7 heteroatoms. The number of rotatable bonds is 8. The van der Waals surface area contributed by atoms with E-state index in [1.165, 1.54) is 0 Å². The summed E-state index contributed by atoms with van der Waals surface area (Å²) in [7, 11) is 1.62. The highest BCUT2D eigenvalue weighted by Gasteiger charge is 2.40. The monoisotopic (exact) mass is 430 g/mol. The van der Waals surface area contributed by atoms with Gasteiger partial charge >= 0.3 is 0 Å². The van der Waals surface area contributed by atoms with Gasteiger partial charge in [0.1, 0.15) is 24.2 Å². The third kappa shape index (κ3) is 4.91. The number of benzene rings is 2. The van der Waals surface area contributed by atoms with Crippen molar-refractivity contribution in [2.45, 2.75) is 0 Å². The molecule has 2 unspecified atom stereocenters. The lowest BCUT2D eigenvalue weighted by Gasteiger charge is -2.21. The summed E-state index contributed by atoms with van der Waals surface area (Å²) in [5, 5.41) is 18.2. The van der Waals surface area contributed by atoms with Crippen LogP contribution in [0.1, 0.15) is 21.5 Å². The van der Waals surface area contributed by atoms with E-state index in [-0.39, 0.29) is 5.78 Å². The summed E-state index contributed by atoms with van der Waals surface area (Å²) < 4.78 is 11.0. The van der Waals surface area contributed by atoms with E-state index in [0.29, 0.717) is 41.9 Å². The minimum atomic E-state index is 0.147. The van der Waals surface area contributed by atoms with Gasteiger partial charge < -0.3 is 9.47 Å². The lowest BCUT2D eigenvalue weighted by molar-refractivity contribution is 0.0937. The minimum absolute atomic E-state index is 0.147. The van der Waals surface area contributed by atoms with Crippen molar-refractivity contribution in [3.05, 3.63) is 59.2 Å². The fraction of sp³-hybridized carbons (Fsp3) is 0.400. The highest BCUT2D eigenvalue weighted by molar-refractivity contribution is 5.97. The smallest absolute Gasteiger partial charge is 0.176 e. The summed E-state index contributed by atoms with van der Waals surface area (Å²) in [6, 6.07) is 16.3. The molecule has 4 rings (SSSR count). The molecule has 2 aromatic carbocycles. The van der Waals surface area contributed by atoms with Crippen molar-refractivity contribution in [1.82, 2.24) is 9.80 Å². The van der Waals surface area contributed by atoms with E-state index in [1.54, 1.807) is 25.3 Å². The molecule has 2 aromatic rings. The van der Waals surface area contributed by atoms with Crippen molar-refractivity contribution in [3.63, 3.8) is 0 Å². The van der Waals surface area contributed by atoms with Crippen LogP contribution in [0.4, 0.5) is 0 Å². The van der Waals surface area contributed by atoms with E-state index >= 15 is 0 Å². The van der Waals surface area contributed by atoms with E-state index in [0.717, 1.165) is 44.0 Å². The third-order valence-electron chi connectivity index (χ3n) is 6.31. The second-order valence-corrected chi connectivity index (χ2v) is 8.41. The molecule has 0 bridgehead atoms. The molecule has 0 spiro atoms. The number of hydrogen-bond acceptors (Lipinski definition) is 7. The van der Waals surface area contributed by atoms with Gasteiger partial charge in [-0.3, -0.25) is 14.6 Å². The zero-order chi connectivity index (χ0) is 22.5. The maximum absolute atomic E-state index is 12.6. The molecule has 7 nitrogen and oxygen atoms in total. The summed E-state index contributed by atoms with van der Waals surface area (Å²) in [4.78, 5) is 17.3. The second kappa shape index (κ2) is 9.82. The van der Waals surface area contributed by atoms with E-state index in [9.17, 15) is 10.1 Å². The number of likely N-dealkylation sites (tertiary alicyclic amines) is 2. The molecule has 0 saturated carbocycles. The van der Waals surface area contributed by atoms with Crippen molar-refractivity contribution < 1.29 is 14.3 Å². The zero-order valence-corrected chi connectivity index (χ0v) is 18.2. The first kappa shape index (κ1) is 21.8. The highest BCUT2D eigenvalue weighted by Crippen LogP contribution is 2.31. The zero-order valence-electron chi connectivity index (χ0n) is 18.2. The van der Waals surface area contributed by atoms with Gasteiger partial charge in [-0.15, -0.1) is 0 Å². The van der Waals surface area contributed by atoms with Crippen molar-refractivity contribution in [1.29, 1.82) is 10.5 Å². The molecule has 0 N–H and O–H groups in total. The number of nitriles is 2. The number of hydrogen-bond donors (Lipinski definition) is 0. The lowest BCUT2D eigenvalue weighted by atomic mass is 10.0. The van der Waals surface area contributed by atoms with E-state index < -0.39 is 0 Å². The van der Waals surface area contributed by atoms with Gasteiger partial charge in [0, 0.05) is 38.3 Å². The molecule has 2 heterocycles. The number of fused-ring (bicyclic) bond motifs is 1. The Balaban J connectivity index is 1.22. The van der Waals surface area contributed by atoms with E-state index in [2.05, 4.69) is 15.9 Å². The van der Waals surface area contributed by atoms with Crippen molar-refractivity contribution in [3.8, 4) is 23.6 Å². The van der Waals surface area contributed by atoms with Crippen LogP contribution in [0.25, 0.3) is 0 Å². The van der Waals surface area contributed by atoms with Crippen LogP contribution >= 0.6 is 0 Å². The lowest BCUT2D eigenvalue weighted by Crippen LogP contribution is -2.33. The van der Waals surface area contributed by atoms with Gasteiger partial charge in [0.2, 0.25) is 0 Å². The van der Waals surface area contributed by atoms with Gasteiger partial charge in [-0.05, 0) is 54.3 Å². The molecule has 164 valence electrons. The summed E-state index contributed by atoms with van der Waals surface area (Å²) in [5.41, 5.74) is 1.57. The highest BCUT2D eigenvalue weighted by atomic mass is 16.5. The van der Waals surface area contributed by atoms with Crippen LogP contribution in [0, 0.1) is 34.5 Å². The largest absolute Gasteiger partial charge is 0.497 e. The molecule has 0 amide bonds. The van der Waals surface area contributed by atoms with Gasteiger partial charge in [0.25, 0.3) is 0 Å². The van der Waals surface area contributed by atoms with Crippen molar-refractivity contribution >= 4 is 5.78 Å². The topological polar surface area (TPSA) is 89.6 Å². The number of nitrogens with zero attached hydrogens (tertiary/aromatic N) is 4. The van der Waals surface area contributed by atoms with Gasteiger partial charge in [-0.25, -0.2) is 0 Å². The molecule has 2 saturated heterocycles. The van der Waals surface area contributed by atoms with Crippen LogP contribution in [0.2, 0.25) is 0 Å². The Hall–Kier alpha value is -3.39. The Morgan fingerprint density at radius 1 is 1.00 bits per heavy atom. The second-order valence-electron chi connectivity index (χ2n) is 8.41. The van der Waals surface area contributed by atoms with Crippen LogP contribution in [-0.4, -0.2) is 68.6 Å². The predicted octanol–water partition coefficient (Wildman–Crippen LogP) is 2.56. The molecule has 32 heavy (non-hydrogen) atoms. The summed E-state index contributed by atoms with van der Waals surface area (Å²) in [6.07, 6.45) is 0. The molecule has 2 fully saturated rings. The fourth-order valence-corrected chi connectivity index (χ4v) is 4.67. The summed E-state index contributed by atoms with van der Waals surface area (Å²) >= 11 is 0. The molecule has 2 aliphatic rings. The summed E-state index contributed by atoms with van der Waals surface area (Å²) in [5.74, 6) is 2.57. The first-order valence-corrected chi connectivity index (χ1v) is 10.8. The molecule has 0 radical (unpaired) electrons. The first-order valence-electron chi connectivity index (χ1n) is 10.8. The standard InChI is InChI=1S/C25H26N4O3/c1-31-23-5-3-19(4-6-23)24(30)17-29-15-21-13-28(14-22(21)16-29)8-9-32-25-7-2-18(11-26)10-20(25)12-27/h2-7,10,21-22H,8-9,13-17H2,1H3. The Morgan fingerprint density at radius 3 is 2.31 bits per heavy atom. The number of Topliss-reactive ketones (excluding diaryl/α,β-unsaturated/α-hetero) is 1. The molecule has 0 aliphatic carbocycles. The maximum atomic E-state index is 12.6. The van der Waals surface area contributed by atoms with Gasteiger partial charge in [0.05, 0.1) is 30.9 Å². The number of ketones is 1. The molecule has 2 atom stereocenters. The maximum Gasteiger partial charge on any atom is 0.176 e. The molecular weight excluding hydrogens is 404 g/mol. The molecule has 0 aromatic heterocycles. The Bertz CT molecular complexity index is 1040. The SMILES string of the molecule is COc1ccc(C(=O)CN2CC3CN(CCOc4ccc(C#N)cc4C#N)CC3C2)cc1. The van der Waals surface area contributed by atoms with Crippen LogP contribution < -0.4 is 9.47 Å². The normalized spacial score (nSPS) is 20.3. The third-order valence-corrected chi connectivity index (χ3v) is 6.31. The Morgan fingerprint density at radius 2 is 1.69 bits per heavy atom. The minimum Gasteiger partial charge on any atom is -0.497 e. The Labute approximate surface area is 188 Å². The number of carbonyl (C=O) groups is 1. The van der Waals surface area contributed by atoms with Crippen LogP contribution in [0.5, 0.6) is 11.5 Å². The van der Waals surface area contributed by atoms with E-state index in [4.69, 9.17) is 14.7 Å². The van der Waals surface area contributed by atoms with Gasteiger partial charge in [0.15, 0.2) is 5.78 Å². The Kier molecular flexibility index (Phi) is 6.70. The average molecular weight is 431 g/mol. The fourth-order valence-electron chi connectivity index (χ4n) is 4.67. The first-order chi connectivity index (χ1) is 15.6. The van der Waals surface area contributed by atoms with Crippen LogP contribution in [0.3, 0.4) is 0 Å². The number of ether oxygens (including phenoxy) is 2.